The second kappa shape index (κ2) is 4.83. The quantitative estimate of drug-likeness (QED) is 0.633. The summed E-state index contributed by atoms with van der Waals surface area (Å²) in [6.45, 7) is 6.36. The van der Waals surface area contributed by atoms with Crippen molar-refractivity contribution in [1.82, 2.24) is 4.31 Å². The zero-order valence-electron chi connectivity index (χ0n) is 11.1. The number of carbonyl (C=O) groups excluding carboxylic acids is 1. The highest BCUT2D eigenvalue weighted by Gasteiger charge is 2.39. The molecule has 1 aromatic heterocycles. The Labute approximate surface area is 117 Å². The van der Waals surface area contributed by atoms with Gasteiger partial charge < -0.3 is 0 Å². The summed E-state index contributed by atoms with van der Waals surface area (Å²) in [6, 6.07) is 1.23. The van der Waals surface area contributed by atoms with E-state index in [2.05, 4.69) is 4.99 Å². The van der Waals surface area contributed by atoms with E-state index in [4.69, 9.17) is 0 Å². The van der Waals surface area contributed by atoms with Crippen molar-refractivity contribution in [3.63, 3.8) is 0 Å². The van der Waals surface area contributed by atoms with Crippen molar-refractivity contribution in [2.45, 2.75) is 38.3 Å². The first-order chi connectivity index (χ1) is 8.76. The van der Waals surface area contributed by atoms with Crippen LogP contribution in [0, 0.1) is 5.41 Å². The maximum Gasteiger partial charge on any atom is 0.244 e. The molecule has 5 nitrogen and oxygen atoms in total. The zero-order valence-corrected chi connectivity index (χ0v) is 12.7. The Morgan fingerprint density at radius 1 is 1.53 bits per heavy atom. The van der Waals surface area contributed by atoms with E-state index in [9.17, 15) is 13.2 Å². The number of nitrogens with zero attached hydrogens (tertiary/aromatic N) is 2. The van der Waals surface area contributed by atoms with E-state index in [-0.39, 0.29) is 12.0 Å². The van der Waals surface area contributed by atoms with Gasteiger partial charge in [0.25, 0.3) is 0 Å². The Hall–Kier alpha value is -1.01. The van der Waals surface area contributed by atoms with Crippen LogP contribution in [-0.4, -0.2) is 31.4 Å². The first kappa shape index (κ1) is 14.4. The van der Waals surface area contributed by atoms with E-state index in [1.54, 1.807) is 17.5 Å². The molecule has 1 atom stereocenters. The van der Waals surface area contributed by atoms with Gasteiger partial charge in [-0.25, -0.2) is 18.2 Å². The van der Waals surface area contributed by atoms with Crippen molar-refractivity contribution in [3.05, 3.63) is 16.3 Å². The Kier molecular flexibility index (Phi) is 3.66. The predicted molar refractivity (Wildman–Crippen MR) is 73.3 cm³/mol. The van der Waals surface area contributed by atoms with Gasteiger partial charge in [-0.2, -0.15) is 4.31 Å². The number of isocyanates is 1. The van der Waals surface area contributed by atoms with Gasteiger partial charge in [-0.05, 0) is 16.9 Å². The van der Waals surface area contributed by atoms with Crippen molar-refractivity contribution >= 4 is 27.4 Å². The Morgan fingerprint density at radius 2 is 2.21 bits per heavy atom. The van der Waals surface area contributed by atoms with Crippen molar-refractivity contribution in [2.24, 2.45) is 10.4 Å². The molecule has 2 heterocycles. The molecular formula is C12H16N2O3S2. The summed E-state index contributed by atoms with van der Waals surface area (Å²) >= 11 is 1.44. The molecule has 0 amide bonds. The van der Waals surface area contributed by atoms with Gasteiger partial charge in [-0.15, -0.1) is 11.3 Å². The van der Waals surface area contributed by atoms with Gasteiger partial charge in [-0.1, -0.05) is 20.8 Å². The number of thiophene rings is 1. The molecule has 7 heteroatoms. The maximum atomic E-state index is 12.3. The Morgan fingerprint density at radius 3 is 2.74 bits per heavy atom. The molecule has 1 aliphatic rings. The van der Waals surface area contributed by atoms with Crippen LogP contribution in [0.4, 0.5) is 0 Å². The second-order valence-corrected chi connectivity index (χ2v) is 8.51. The highest BCUT2D eigenvalue weighted by molar-refractivity contribution is 7.89. The third-order valence-corrected chi connectivity index (χ3v) is 6.16. The fourth-order valence-electron chi connectivity index (χ4n) is 1.99. The number of fused-ring (bicyclic) bond motifs is 1. The molecular weight excluding hydrogens is 284 g/mol. The monoisotopic (exact) mass is 300 g/mol. The van der Waals surface area contributed by atoms with E-state index in [0.717, 1.165) is 4.88 Å². The number of rotatable bonds is 3. The van der Waals surface area contributed by atoms with Gasteiger partial charge >= 0.3 is 0 Å². The molecule has 104 valence electrons. The van der Waals surface area contributed by atoms with Gasteiger partial charge in [0.05, 0.1) is 10.9 Å². The Bertz CT molecular complexity index is 622. The van der Waals surface area contributed by atoms with Crippen LogP contribution in [0.15, 0.2) is 21.3 Å². The van der Waals surface area contributed by atoms with Crippen molar-refractivity contribution in [3.8, 4) is 0 Å². The number of aliphatic imine (C=N–C) groups is 1. The summed E-state index contributed by atoms with van der Waals surface area (Å²) in [5, 5.41) is 1.78. The SMILES string of the molecule is CC(C)(C)[C@@H](CN1Cc2sccc2S1(=O)=O)N=C=O. The first-order valence-electron chi connectivity index (χ1n) is 5.90. The minimum absolute atomic E-state index is 0.211. The molecule has 0 saturated carbocycles. The summed E-state index contributed by atoms with van der Waals surface area (Å²) in [7, 11) is -3.42. The third-order valence-electron chi connectivity index (χ3n) is 3.23. The molecule has 0 radical (unpaired) electrons. The standard InChI is InChI=1S/C12H16N2O3S2/c1-12(2,3)11(13-8-15)7-14-6-9-10(4-5-18-9)19(14,16)17/h4-5,11H,6-7H2,1-3H3/t11-/m1/s1. The van der Waals surface area contributed by atoms with Crippen molar-refractivity contribution in [2.75, 3.05) is 6.54 Å². The van der Waals surface area contributed by atoms with Crippen LogP contribution in [0.5, 0.6) is 0 Å². The largest absolute Gasteiger partial charge is 0.244 e. The molecule has 0 spiro atoms. The van der Waals surface area contributed by atoms with Crippen molar-refractivity contribution in [1.29, 1.82) is 0 Å². The molecule has 0 aliphatic carbocycles. The molecule has 0 unspecified atom stereocenters. The van der Waals surface area contributed by atoms with E-state index < -0.39 is 16.1 Å². The van der Waals surface area contributed by atoms with Gasteiger partial charge in [0.15, 0.2) is 0 Å². The lowest BCUT2D eigenvalue weighted by Crippen LogP contribution is -2.38. The molecule has 0 aromatic carbocycles. The summed E-state index contributed by atoms with van der Waals surface area (Å²) in [5.74, 6) is 0. The molecule has 1 aliphatic heterocycles. The second-order valence-electron chi connectivity index (χ2n) is 5.61. The average molecular weight is 300 g/mol. The summed E-state index contributed by atoms with van der Waals surface area (Å²) in [5.41, 5.74) is -0.289. The Balaban J connectivity index is 2.26. The van der Waals surface area contributed by atoms with Gasteiger partial charge in [-0.3, -0.25) is 0 Å². The molecule has 2 rings (SSSR count). The van der Waals surface area contributed by atoms with Crippen LogP contribution in [0.1, 0.15) is 25.6 Å². The minimum Gasteiger partial charge on any atom is -0.211 e. The topological polar surface area (TPSA) is 66.8 Å². The van der Waals surface area contributed by atoms with Crippen LogP contribution in [0.25, 0.3) is 0 Å². The van der Waals surface area contributed by atoms with E-state index in [0.29, 0.717) is 11.4 Å². The fourth-order valence-corrected chi connectivity index (χ4v) is 4.90. The lowest BCUT2D eigenvalue weighted by molar-refractivity contribution is 0.267. The lowest BCUT2D eigenvalue weighted by Gasteiger charge is -2.29. The van der Waals surface area contributed by atoms with E-state index in [1.165, 1.54) is 15.6 Å². The van der Waals surface area contributed by atoms with Crippen molar-refractivity contribution < 1.29 is 13.2 Å². The van der Waals surface area contributed by atoms with E-state index in [1.807, 2.05) is 20.8 Å². The summed E-state index contributed by atoms with van der Waals surface area (Å²) < 4.78 is 26.0. The fraction of sp³-hybridized carbons (Fsp3) is 0.583. The molecule has 0 saturated heterocycles. The lowest BCUT2D eigenvalue weighted by atomic mass is 9.87. The van der Waals surface area contributed by atoms with Crippen LogP contribution in [0.3, 0.4) is 0 Å². The highest BCUT2D eigenvalue weighted by Crippen LogP contribution is 2.35. The number of hydrogen-bond acceptors (Lipinski definition) is 5. The number of sulfonamides is 1. The number of hydrogen-bond donors (Lipinski definition) is 0. The normalized spacial score (nSPS) is 19.7. The summed E-state index contributed by atoms with van der Waals surface area (Å²) in [6.07, 6.45) is 1.55. The van der Waals surface area contributed by atoms with Crippen LogP contribution in [-0.2, 0) is 21.4 Å². The first-order valence-corrected chi connectivity index (χ1v) is 8.22. The molecule has 0 fully saturated rings. The minimum atomic E-state index is -3.42. The smallest absolute Gasteiger partial charge is 0.211 e. The maximum absolute atomic E-state index is 12.3. The average Bonchev–Trinajstić information content (AvgIpc) is 2.81. The highest BCUT2D eigenvalue weighted by atomic mass is 32.2. The third kappa shape index (κ3) is 2.65. The zero-order chi connectivity index (χ0) is 14.3. The molecule has 19 heavy (non-hydrogen) atoms. The molecule has 1 aromatic rings. The van der Waals surface area contributed by atoms with Gasteiger partial charge in [0.2, 0.25) is 16.1 Å². The van der Waals surface area contributed by atoms with Crippen LogP contribution < -0.4 is 0 Å². The molecule has 0 bridgehead atoms. The van der Waals surface area contributed by atoms with Gasteiger partial charge in [0, 0.05) is 18.0 Å². The summed E-state index contributed by atoms with van der Waals surface area (Å²) in [4.78, 5) is 15.5. The van der Waals surface area contributed by atoms with Gasteiger partial charge in [0.1, 0.15) is 0 Å². The molecule has 0 N–H and O–H groups in total. The predicted octanol–water partition coefficient (Wildman–Crippen LogP) is 2.00. The van der Waals surface area contributed by atoms with Crippen LogP contribution >= 0.6 is 11.3 Å². The van der Waals surface area contributed by atoms with Crippen LogP contribution in [0.2, 0.25) is 0 Å². The van der Waals surface area contributed by atoms with E-state index >= 15 is 0 Å².